The van der Waals surface area contributed by atoms with Crippen molar-refractivity contribution in [1.29, 1.82) is 0 Å². The minimum Gasteiger partial charge on any atom is -0.497 e. The quantitative estimate of drug-likeness (QED) is 0.580. The van der Waals surface area contributed by atoms with Crippen molar-refractivity contribution in [3.63, 3.8) is 0 Å². The van der Waals surface area contributed by atoms with Crippen molar-refractivity contribution in [3.05, 3.63) is 66.0 Å². The third-order valence-corrected chi connectivity index (χ3v) is 6.41. The van der Waals surface area contributed by atoms with Crippen LogP contribution in [0.15, 0.2) is 54.6 Å². The lowest BCUT2D eigenvalue weighted by atomic mass is 9.99. The van der Waals surface area contributed by atoms with Crippen molar-refractivity contribution in [2.75, 3.05) is 38.2 Å². The zero-order valence-corrected chi connectivity index (χ0v) is 18.9. The van der Waals surface area contributed by atoms with Gasteiger partial charge in [-0.1, -0.05) is 37.3 Å². The van der Waals surface area contributed by atoms with E-state index >= 15 is 0 Å². The van der Waals surface area contributed by atoms with Gasteiger partial charge in [-0.25, -0.2) is 4.68 Å². The first-order valence-electron chi connectivity index (χ1n) is 11.0. The predicted molar refractivity (Wildman–Crippen MR) is 122 cm³/mol. The van der Waals surface area contributed by atoms with Crippen LogP contribution in [0.5, 0.6) is 5.75 Å². The second kappa shape index (κ2) is 9.06. The van der Waals surface area contributed by atoms with Gasteiger partial charge in [-0.15, -0.1) is 5.10 Å². The fraction of sp³-hybridized carbons (Fsp3) is 0.458. The molecule has 1 aliphatic rings. The first kappa shape index (κ1) is 21.3. The van der Waals surface area contributed by atoms with E-state index in [4.69, 9.17) is 4.74 Å². The lowest BCUT2D eigenvalue weighted by molar-refractivity contribution is 0.187. The summed E-state index contributed by atoms with van der Waals surface area (Å²) in [7, 11) is 1.70. The number of rotatable bonds is 7. The van der Waals surface area contributed by atoms with Gasteiger partial charge in [0.05, 0.1) is 18.7 Å². The molecular formula is C24H32N6O. The molecule has 164 valence electrons. The second-order valence-electron chi connectivity index (χ2n) is 8.65. The van der Waals surface area contributed by atoms with Gasteiger partial charge in [-0.2, -0.15) is 0 Å². The van der Waals surface area contributed by atoms with Crippen LogP contribution in [0.2, 0.25) is 0 Å². The smallest absolute Gasteiger partial charge is 0.173 e. The molecule has 2 heterocycles. The number of hydrogen-bond donors (Lipinski definition) is 0. The molecule has 0 bridgehead atoms. The first-order valence-corrected chi connectivity index (χ1v) is 11.0. The van der Waals surface area contributed by atoms with Gasteiger partial charge in [0, 0.05) is 31.9 Å². The number of ether oxygens (including phenoxy) is 1. The van der Waals surface area contributed by atoms with Crippen LogP contribution in [0, 0.1) is 0 Å². The van der Waals surface area contributed by atoms with Crippen molar-refractivity contribution in [3.8, 4) is 5.75 Å². The maximum atomic E-state index is 5.30. The van der Waals surface area contributed by atoms with Crippen LogP contribution in [0.1, 0.15) is 44.6 Å². The molecular weight excluding hydrogens is 388 g/mol. The largest absolute Gasteiger partial charge is 0.497 e. The number of piperazine rings is 1. The van der Waals surface area contributed by atoms with Gasteiger partial charge in [0.25, 0.3) is 0 Å². The molecule has 7 nitrogen and oxygen atoms in total. The lowest BCUT2D eigenvalue weighted by Crippen LogP contribution is -2.48. The Labute approximate surface area is 184 Å². The number of methoxy groups -OCH3 is 1. The number of anilines is 1. The summed E-state index contributed by atoms with van der Waals surface area (Å²) in [6, 6.07) is 18.9. The zero-order chi connectivity index (χ0) is 21.8. The number of hydrogen-bond acceptors (Lipinski definition) is 6. The topological polar surface area (TPSA) is 59.3 Å². The molecule has 0 aliphatic carbocycles. The third-order valence-electron chi connectivity index (χ3n) is 6.41. The van der Waals surface area contributed by atoms with E-state index in [1.54, 1.807) is 7.11 Å². The van der Waals surface area contributed by atoms with E-state index in [-0.39, 0.29) is 11.6 Å². The van der Waals surface area contributed by atoms with E-state index in [9.17, 15) is 0 Å². The van der Waals surface area contributed by atoms with Crippen LogP contribution >= 0.6 is 0 Å². The van der Waals surface area contributed by atoms with Crippen LogP contribution in [0.4, 0.5) is 5.69 Å². The molecule has 7 heteroatoms. The minimum absolute atomic E-state index is 0.0278. The molecule has 2 aromatic carbocycles. The Hall–Kier alpha value is -2.93. The highest BCUT2D eigenvalue weighted by molar-refractivity contribution is 5.49. The fourth-order valence-corrected chi connectivity index (χ4v) is 4.14. The first-order chi connectivity index (χ1) is 15.0. The zero-order valence-electron chi connectivity index (χ0n) is 18.9. The predicted octanol–water partition coefficient (Wildman–Crippen LogP) is 3.74. The van der Waals surface area contributed by atoms with Crippen molar-refractivity contribution < 1.29 is 4.74 Å². The minimum atomic E-state index is -0.142. The van der Waals surface area contributed by atoms with Crippen LogP contribution in [0.3, 0.4) is 0 Å². The molecule has 3 aromatic rings. The van der Waals surface area contributed by atoms with E-state index in [1.807, 2.05) is 16.8 Å². The van der Waals surface area contributed by atoms with E-state index in [0.717, 1.165) is 44.2 Å². The number of aromatic nitrogens is 4. The number of benzene rings is 2. The van der Waals surface area contributed by atoms with E-state index in [2.05, 4.69) is 88.6 Å². The molecule has 0 saturated carbocycles. The van der Waals surface area contributed by atoms with Gasteiger partial charge in [-0.3, -0.25) is 4.90 Å². The molecule has 0 amide bonds. The van der Waals surface area contributed by atoms with Crippen LogP contribution in [-0.4, -0.2) is 58.4 Å². The third kappa shape index (κ3) is 4.42. The van der Waals surface area contributed by atoms with Crippen molar-refractivity contribution in [1.82, 2.24) is 25.1 Å². The highest BCUT2D eigenvalue weighted by Crippen LogP contribution is 2.32. The van der Waals surface area contributed by atoms with Crippen molar-refractivity contribution >= 4 is 5.69 Å². The number of nitrogens with zero attached hydrogens (tertiary/aromatic N) is 6. The van der Waals surface area contributed by atoms with Crippen molar-refractivity contribution in [2.24, 2.45) is 0 Å². The van der Waals surface area contributed by atoms with Crippen LogP contribution in [-0.2, 0) is 5.54 Å². The molecule has 31 heavy (non-hydrogen) atoms. The van der Waals surface area contributed by atoms with Gasteiger partial charge >= 0.3 is 0 Å². The van der Waals surface area contributed by atoms with E-state index < -0.39 is 0 Å². The van der Waals surface area contributed by atoms with Gasteiger partial charge in [0.2, 0.25) is 0 Å². The summed E-state index contributed by atoms with van der Waals surface area (Å²) in [5, 5.41) is 13.0. The van der Waals surface area contributed by atoms with Crippen LogP contribution < -0.4 is 9.64 Å². The maximum absolute atomic E-state index is 5.30. The molecule has 1 aliphatic heterocycles. The molecule has 1 unspecified atom stereocenters. The molecule has 1 aromatic heterocycles. The summed E-state index contributed by atoms with van der Waals surface area (Å²) in [5.74, 6) is 1.80. The van der Waals surface area contributed by atoms with Gasteiger partial charge < -0.3 is 9.64 Å². The molecule has 1 atom stereocenters. The SMILES string of the molecule is CCC(C)(C)n1nnnc1C(c1ccccc1)N1CCN(c2ccc(OC)cc2)CC1. The van der Waals surface area contributed by atoms with Gasteiger partial charge in [0.1, 0.15) is 5.75 Å². The summed E-state index contributed by atoms with van der Waals surface area (Å²) in [4.78, 5) is 4.93. The summed E-state index contributed by atoms with van der Waals surface area (Å²) in [5.41, 5.74) is 2.31. The Bertz CT molecular complexity index is 961. The molecule has 0 N–H and O–H groups in total. The molecule has 4 rings (SSSR count). The Morgan fingerprint density at radius 3 is 2.26 bits per heavy atom. The highest BCUT2D eigenvalue weighted by Gasteiger charge is 2.34. The average molecular weight is 421 g/mol. The molecule has 1 fully saturated rings. The average Bonchev–Trinajstić information content (AvgIpc) is 3.31. The lowest BCUT2D eigenvalue weighted by Gasteiger charge is -2.40. The molecule has 1 saturated heterocycles. The Balaban J connectivity index is 1.59. The van der Waals surface area contributed by atoms with E-state index in [0.29, 0.717) is 0 Å². The summed E-state index contributed by atoms with van der Waals surface area (Å²) < 4.78 is 7.31. The summed E-state index contributed by atoms with van der Waals surface area (Å²) in [6.07, 6.45) is 0.956. The monoisotopic (exact) mass is 420 g/mol. The number of tetrazole rings is 1. The van der Waals surface area contributed by atoms with Crippen molar-refractivity contribution in [2.45, 2.75) is 38.8 Å². The summed E-state index contributed by atoms with van der Waals surface area (Å²) in [6.45, 7) is 10.3. The standard InChI is InChI=1S/C24H32N6O/c1-5-24(2,3)30-23(25-26-27-30)22(19-9-7-6-8-10-19)29-17-15-28(16-18-29)20-11-13-21(31-4)14-12-20/h6-14,22H,5,15-18H2,1-4H3. The van der Waals surface area contributed by atoms with E-state index in [1.165, 1.54) is 11.3 Å². The normalized spacial score (nSPS) is 16.3. The van der Waals surface area contributed by atoms with Crippen LogP contribution in [0.25, 0.3) is 0 Å². The Kier molecular flexibility index (Phi) is 6.23. The maximum Gasteiger partial charge on any atom is 0.173 e. The molecule has 0 radical (unpaired) electrons. The Morgan fingerprint density at radius 1 is 0.968 bits per heavy atom. The fourth-order valence-electron chi connectivity index (χ4n) is 4.14. The van der Waals surface area contributed by atoms with Gasteiger partial charge in [-0.05, 0) is 60.5 Å². The summed E-state index contributed by atoms with van der Waals surface area (Å²) >= 11 is 0. The highest BCUT2D eigenvalue weighted by atomic mass is 16.5. The molecule has 0 spiro atoms. The second-order valence-corrected chi connectivity index (χ2v) is 8.65. The Morgan fingerprint density at radius 2 is 1.65 bits per heavy atom. The van der Waals surface area contributed by atoms with Gasteiger partial charge in [0.15, 0.2) is 5.82 Å².